The van der Waals surface area contributed by atoms with E-state index in [9.17, 15) is 10.2 Å². The van der Waals surface area contributed by atoms with Crippen LogP contribution in [-0.2, 0) is 9.47 Å². The van der Waals surface area contributed by atoms with Crippen LogP contribution < -0.4 is 0 Å². The van der Waals surface area contributed by atoms with Crippen LogP contribution in [0.2, 0.25) is 0 Å². The molecule has 2 heterocycles. The third-order valence-corrected chi connectivity index (χ3v) is 2.82. The Labute approximate surface area is 103 Å². The van der Waals surface area contributed by atoms with E-state index in [2.05, 4.69) is 0 Å². The van der Waals surface area contributed by atoms with Crippen LogP contribution in [0.25, 0.3) is 0 Å². The van der Waals surface area contributed by atoms with Crippen LogP contribution in [0.4, 0.5) is 0 Å². The molecular formula is C11H16O7. The summed E-state index contributed by atoms with van der Waals surface area (Å²) >= 11 is 0. The third kappa shape index (κ3) is 2.56. The molecule has 1 aliphatic rings. The molecule has 1 saturated heterocycles. The number of aliphatic hydroxyl groups excluding tert-OH is 4. The molecule has 0 amide bonds. The third-order valence-electron chi connectivity index (χ3n) is 2.82. The van der Waals surface area contributed by atoms with E-state index in [1.54, 1.807) is 12.1 Å². The van der Waals surface area contributed by atoms with Crippen molar-refractivity contribution in [2.75, 3.05) is 13.2 Å². The Morgan fingerprint density at radius 3 is 2.61 bits per heavy atom. The lowest BCUT2D eigenvalue weighted by atomic mass is 10.0. The van der Waals surface area contributed by atoms with E-state index in [-0.39, 0.29) is 0 Å². The number of aliphatic hydroxyl groups is 4. The molecular weight excluding hydrogens is 244 g/mol. The molecule has 18 heavy (non-hydrogen) atoms. The molecule has 0 spiro atoms. The van der Waals surface area contributed by atoms with Gasteiger partial charge in [-0.25, -0.2) is 0 Å². The normalized spacial score (nSPS) is 34.4. The molecule has 0 aromatic carbocycles. The fraction of sp³-hybridized carbons (Fsp3) is 0.636. The van der Waals surface area contributed by atoms with Gasteiger partial charge in [-0.15, -0.1) is 0 Å². The molecule has 4 N–H and O–H groups in total. The van der Waals surface area contributed by atoms with E-state index >= 15 is 0 Å². The van der Waals surface area contributed by atoms with Crippen LogP contribution in [0.5, 0.6) is 0 Å². The van der Waals surface area contributed by atoms with E-state index in [4.69, 9.17) is 24.1 Å². The quantitative estimate of drug-likeness (QED) is 0.536. The standard InChI is InChI=1S/C11H16O7/c12-4-6(14)10-9(15)8(5-13)17-11(18-10)7-2-1-3-16-7/h1-3,6,8-15H,4-5H2/t6-,8+,9+,10+,11-/m1/s1. The molecule has 2 rings (SSSR count). The second kappa shape index (κ2) is 5.79. The first kappa shape index (κ1) is 13.5. The fourth-order valence-electron chi connectivity index (χ4n) is 1.84. The molecule has 1 aromatic rings. The van der Waals surface area contributed by atoms with Gasteiger partial charge in [-0.05, 0) is 12.1 Å². The van der Waals surface area contributed by atoms with Crippen molar-refractivity contribution in [1.29, 1.82) is 0 Å². The average Bonchev–Trinajstić information content (AvgIpc) is 2.92. The highest BCUT2D eigenvalue weighted by Crippen LogP contribution is 2.31. The van der Waals surface area contributed by atoms with Crippen LogP contribution in [0.15, 0.2) is 22.8 Å². The number of ether oxygens (including phenoxy) is 2. The van der Waals surface area contributed by atoms with E-state index in [1.807, 2.05) is 0 Å². The van der Waals surface area contributed by atoms with Gasteiger partial charge in [-0.3, -0.25) is 0 Å². The van der Waals surface area contributed by atoms with Gasteiger partial charge in [0.05, 0.1) is 19.5 Å². The van der Waals surface area contributed by atoms with Crippen molar-refractivity contribution in [3.8, 4) is 0 Å². The number of hydrogen-bond donors (Lipinski definition) is 4. The first-order valence-corrected chi connectivity index (χ1v) is 5.59. The minimum absolute atomic E-state index is 0.357. The smallest absolute Gasteiger partial charge is 0.218 e. The Kier molecular flexibility index (Phi) is 4.33. The molecule has 1 fully saturated rings. The van der Waals surface area contributed by atoms with Gasteiger partial charge in [0.25, 0.3) is 0 Å². The van der Waals surface area contributed by atoms with E-state index in [0.717, 1.165) is 0 Å². The van der Waals surface area contributed by atoms with Crippen LogP contribution in [0.3, 0.4) is 0 Å². The molecule has 0 saturated carbocycles. The van der Waals surface area contributed by atoms with Crippen molar-refractivity contribution in [3.63, 3.8) is 0 Å². The molecule has 0 radical (unpaired) electrons. The second-order valence-electron chi connectivity index (χ2n) is 4.05. The minimum atomic E-state index is -1.27. The molecule has 5 atom stereocenters. The van der Waals surface area contributed by atoms with Gasteiger partial charge in [0.1, 0.15) is 24.4 Å². The maximum atomic E-state index is 9.83. The highest BCUT2D eigenvalue weighted by atomic mass is 16.7. The van der Waals surface area contributed by atoms with Crippen molar-refractivity contribution in [1.82, 2.24) is 0 Å². The van der Waals surface area contributed by atoms with Gasteiger partial charge >= 0.3 is 0 Å². The van der Waals surface area contributed by atoms with Gasteiger partial charge in [0.15, 0.2) is 5.76 Å². The van der Waals surface area contributed by atoms with Crippen LogP contribution in [0.1, 0.15) is 12.1 Å². The van der Waals surface area contributed by atoms with Crippen molar-refractivity contribution in [2.45, 2.75) is 30.7 Å². The maximum Gasteiger partial charge on any atom is 0.218 e. The zero-order chi connectivity index (χ0) is 13.1. The SMILES string of the molecule is OC[C@@H](O)[C@@H]1O[C@H](c2ccco2)O[C@@H](CO)[C@@H]1O. The molecule has 7 nitrogen and oxygen atoms in total. The number of furan rings is 1. The monoisotopic (exact) mass is 260 g/mol. The van der Waals surface area contributed by atoms with Crippen molar-refractivity contribution < 1.29 is 34.3 Å². The summed E-state index contributed by atoms with van der Waals surface area (Å²) < 4.78 is 15.8. The average molecular weight is 260 g/mol. The lowest BCUT2D eigenvalue weighted by Crippen LogP contribution is -2.54. The number of hydrogen-bond acceptors (Lipinski definition) is 7. The topological polar surface area (TPSA) is 113 Å². The zero-order valence-electron chi connectivity index (χ0n) is 9.55. The summed E-state index contributed by atoms with van der Waals surface area (Å²) in [4.78, 5) is 0. The van der Waals surface area contributed by atoms with Crippen molar-refractivity contribution in [2.24, 2.45) is 0 Å². The van der Waals surface area contributed by atoms with Gasteiger partial charge in [0.2, 0.25) is 6.29 Å². The van der Waals surface area contributed by atoms with Crippen LogP contribution >= 0.6 is 0 Å². The largest absolute Gasteiger partial charge is 0.464 e. The lowest BCUT2D eigenvalue weighted by Gasteiger charge is -2.39. The Hall–Kier alpha value is -0.960. The van der Waals surface area contributed by atoms with Gasteiger partial charge in [-0.2, -0.15) is 0 Å². The molecule has 1 aliphatic heterocycles. The fourth-order valence-corrected chi connectivity index (χ4v) is 1.84. The van der Waals surface area contributed by atoms with E-state index in [1.165, 1.54) is 6.26 Å². The minimum Gasteiger partial charge on any atom is -0.464 e. The predicted octanol–water partition coefficient (Wildman–Crippen LogP) is -1.23. The van der Waals surface area contributed by atoms with E-state index < -0.39 is 43.9 Å². The van der Waals surface area contributed by atoms with Gasteiger partial charge in [-0.1, -0.05) is 0 Å². The van der Waals surface area contributed by atoms with Crippen LogP contribution in [-0.4, -0.2) is 58.1 Å². The molecule has 0 unspecified atom stereocenters. The molecule has 0 aliphatic carbocycles. The molecule has 7 heteroatoms. The van der Waals surface area contributed by atoms with E-state index in [0.29, 0.717) is 5.76 Å². The van der Waals surface area contributed by atoms with Crippen molar-refractivity contribution in [3.05, 3.63) is 24.2 Å². The summed E-state index contributed by atoms with van der Waals surface area (Å²) in [5, 5.41) is 37.5. The highest BCUT2D eigenvalue weighted by Gasteiger charge is 2.42. The molecule has 1 aromatic heterocycles. The van der Waals surface area contributed by atoms with Crippen LogP contribution in [0, 0.1) is 0 Å². The summed E-state index contributed by atoms with van der Waals surface area (Å²) in [7, 11) is 0. The Morgan fingerprint density at radius 2 is 2.06 bits per heavy atom. The summed E-state index contributed by atoms with van der Waals surface area (Å²) in [5.74, 6) is 0.357. The Bertz CT molecular complexity index is 352. The summed E-state index contributed by atoms with van der Waals surface area (Å²) in [6.07, 6.45) is -3.99. The first-order valence-electron chi connectivity index (χ1n) is 5.59. The number of rotatable bonds is 4. The lowest BCUT2D eigenvalue weighted by molar-refractivity contribution is -0.315. The summed E-state index contributed by atoms with van der Waals surface area (Å²) in [6.45, 7) is -0.999. The van der Waals surface area contributed by atoms with Gasteiger partial charge < -0.3 is 34.3 Å². The predicted molar refractivity (Wildman–Crippen MR) is 57.4 cm³/mol. The second-order valence-corrected chi connectivity index (χ2v) is 4.05. The first-order chi connectivity index (χ1) is 8.67. The molecule has 102 valence electrons. The van der Waals surface area contributed by atoms with Gasteiger partial charge in [0, 0.05) is 0 Å². The Balaban J connectivity index is 2.15. The summed E-state index contributed by atoms with van der Waals surface area (Å²) in [5.41, 5.74) is 0. The Morgan fingerprint density at radius 1 is 1.28 bits per heavy atom. The molecule has 0 bridgehead atoms. The highest BCUT2D eigenvalue weighted by molar-refractivity contribution is 5.02. The zero-order valence-corrected chi connectivity index (χ0v) is 9.55. The maximum absolute atomic E-state index is 9.83. The summed E-state index contributed by atoms with van der Waals surface area (Å²) in [6, 6.07) is 3.25. The van der Waals surface area contributed by atoms with Crippen molar-refractivity contribution >= 4 is 0 Å².